The van der Waals surface area contributed by atoms with Crippen molar-refractivity contribution in [3.05, 3.63) is 0 Å². The van der Waals surface area contributed by atoms with Gasteiger partial charge in [0.15, 0.2) is 0 Å². The van der Waals surface area contributed by atoms with Crippen molar-refractivity contribution in [2.24, 2.45) is 11.3 Å². The third-order valence-electron chi connectivity index (χ3n) is 3.29. The van der Waals surface area contributed by atoms with Crippen LogP contribution in [-0.2, 0) is 9.59 Å². The fourth-order valence-corrected chi connectivity index (χ4v) is 2.58. The Kier molecular flexibility index (Phi) is 1.62. The van der Waals surface area contributed by atoms with Gasteiger partial charge < -0.3 is 10.4 Å². The van der Waals surface area contributed by atoms with Crippen molar-refractivity contribution in [1.82, 2.24) is 5.32 Å². The second-order valence-electron chi connectivity index (χ2n) is 4.31. The van der Waals surface area contributed by atoms with Crippen LogP contribution in [0.3, 0.4) is 0 Å². The summed E-state index contributed by atoms with van der Waals surface area (Å²) in [5.41, 5.74) is -0.0951. The van der Waals surface area contributed by atoms with Gasteiger partial charge in [-0.1, -0.05) is 0 Å². The van der Waals surface area contributed by atoms with E-state index in [-0.39, 0.29) is 11.3 Å². The van der Waals surface area contributed by atoms with E-state index in [2.05, 4.69) is 5.32 Å². The second kappa shape index (κ2) is 2.47. The SMILES string of the molecule is CC(=O)N[C@H](C(=O)O)C12CC(C1)C2. The Labute approximate surface area is 76.3 Å². The Hall–Kier alpha value is -1.06. The maximum Gasteiger partial charge on any atom is 0.326 e. The largest absolute Gasteiger partial charge is 0.480 e. The molecule has 3 aliphatic rings. The fourth-order valence-electron chi connectivity index (χ4n) is 2.58. The van der Waals surface area contributed by atoms with Crippen molar-refractivity contribution in [1.29, 1.82) is 0 Å². The van der Waals surface area contributed by atoms with Crippen molar-refractivity contribution < 1.29 is 14.7 Å². The molecule has 0 heterocycles. The average Bonchev–Trinajstić information content (AvgIpc) is 1.77. The van der Waals surface area contributed by atoms with Crippen LogP contribution >= 0.6 is 0 Å². The Morgan fingerprint density at radius 3 is 2.23 bits per heavy atom. The lowest BCUT2D eigenvalue weighted by molar-refractivity contribution is -0.172. The molecule has 3 aliphatic carbocycles. The first-order chi connectivity index (χ1) is 6.03. The lowest BCUT2D eigenvalue weighted by Gasteiger charge is -2.64. The monoisotopic (exact) mass is 183 g/mol. The molecule has 3 saturated carbocycles. The minimum absolute atomic E-state index is 0.0951. The summed E-state index contributed by atoms with van der Waals surface area (Å²) in [6.45, 7) is 1.36. The number of aliphatic carboxylic acids is 1. The van der Waals surface area contributed by atoms with Gasteiger partial charge in [0.2, 0.25) is 5.91 Å². The Morgan fingerprint density at radius 1 is 1.46 bits per heavy atom. The molecule has 0 aromatic carbocycles. The molecule has 4 heteroatoms. The van der Waals surface area contributed by atoms with Crippen LogP contribution in [0.5, 0.6) is 0 Å². The van der Waals surface area contributed by atoms with Crippen molar-refractivity contribution >= 4 is 11.9 Å². The topological polar surface area (TPSA) is 66.4 Å². The van der Waals surface area contributed by atoms with Crippen molar-refractivity contribution in [3.63, 3.8) is 0 Å². The highest BCUT2D eigenvalue weighted by molar-refractivity contribution is 5.83. The van der Waals surface area contributed by atoms with Gasteiger partial charge in [0.05, 0.1) is 0 Å². The van der Waals surface area contributed by atoms with Crippen LogP contribution in [0, 0.1) is 11.3 Å². The third kappa shape index (κ3) is 1.12. The molecule has 0 aliphatic heterocycles. The first-order valence-electron chi connectivity index (χ1n) is 4.53. The van der Waals surface area contributed by atoms with Gasteiger partial charge in [0, 0.05) is 12.3 Å². The zero-order valence-corrected chi connectivity index (χ0v) is 7.54. The van der Waals surface area contributed by atoms with Gasteiger partial charge in [-0.15, -0.1) is 0 Å². The van der Waals surface area contributed by atoms with E-state index in [4.69, 9.17) is 5.11 Å². The molecule has 72 valence electrons. The van der Waals surface area contributed by atoms with Gasteiger partial charge in [-0.05, 0) is 25.2 Å². The van der Waals surface area contributed by atoms with Gasteiger partial charge >= 0.3 is 5.97 Å². The number of amides is 1. The molecule has 1 amide bonds. The highest BCUT2D eigenvalue weighted by Gasteiger charge is 2.62. The Balaban J connectivity index is 2.05. The summed E-state index contributed by atoms with van der Waals surface area (Å²) >= 11 is 0. The summed E-state index contributed by atoms with van der Waals surface area (Å²) in [4.78, 5) is 21.7. The lowest BCUT2D eigenvalue weighted by atomic mass is 9.42. The van der Waals surface area contributed by atoms with Crippen LogP contribution in [0.15, 0.2) is 0 Å². The molecule has 0 unspecified atom stereocenters. The van der Waals surface area contributed by atoms with E-state index < -0.39 is 12.0 Å². The zero-order chi connectivity index (χ0) is 9.64. The highest BCUT2D eigenvalue weighted by atomic mass is 16.4. The number of carboxylic acid groups (broad SMARTS) is 1. The molecule has 0 aromatic rings. The van der Waals surface area contributed by atoms with Crippen molar-refractivity contribution in [2.45, 2.75) is 32.2 Å². The number of hydrogen-bond acceptors (Lipinski definition) is 2. The molecule has 1 atom stereocenters. The Bertz CT molecular complexity index is 257. The molecule has 13 heavy (non-hydrogen) atoms. The van der Waals surface area contributed by atoms with E-state index >= 15 is 0 Å². The zero-order valence-electron chi connectivity index (χ0n) is 7.54. The lowest BCUT2D eigenvalue weighted by Crippen LogP contribution is -2.65. The molecule has 4 nitrogen and oxygen atoms in total. The van der Waals surface area contributed by atoms with Crippen LogP contribution < -0.4 is 5.32 Å². The highest BCUT2D eigenvalue weighted by Crippen LogP contribution is 2.66. The van der Waals surface area contributed by atoms with E-state index in [1.807, 2.05) is 0 Å². The standard InChI is InChI=1S/C9H13NO3/c1-5(11)10-7(8(12)13)9-2-6(3-9)4-9/h6-7H,2-4H2,1H3,(H,10,11)(H,12,13)/t6?,7-,9?/m1/s1. The minimum atomic E-state index is -0.895. The van der Waals surface area contributed by atoms with E-state index in [1.165, 1.54) is 6.92 Å². The maximum absolute atomic E-state index is 10.9. The van der Waals surface area contributed by atoms with Crippen LogP contribution in [0.2, 0.25) is 0 Å². The molecule has 0 aromatic heterocycles. The summed E-state index contributed by atoms with van der Waals surface area (Å²) in [6, 6.07) is -0.657. The predicted octanol–water partition coefficient (Wildman–Crippen LogP) is 0.376. The van der Waals surface area contributed by atoms with Gasteiger partial charge in [-0.3, -0.25) is 4.79 Å². The van der Waals surface area contributed by atoms with E-state index in [0.29, 0.717) is 0 Å². The second-order valence-corrected chi connectivity index (χ2v) is 4.31. The van der Waals surface area contributed by atoms with Crippen LogP contribution in [0.25, 0.3) is 0 Å². The van der Waals surface area contributed by atoms with Gasteiger partial charge in [-0.25, -0.2) is 4.79 Å². The van der Waals surface area contributed by atoms with Crippen molar-refractivity contribution in [3.8, 4) is 0 Å². The molecule has 2 bridgehead atoms. The summed E-state index contributed by atoms with van der Waals surface area (Å²) < 4.78 is 0. The first-order valence-corrected chi connectivity index (χ1v) is 4.53. The summed E-state index contributed by atoms with van der Waals surface area (Å²) in [6.07, 6.45) is 2.93. The normalized spacial score (nSPS) is 36.8. The third-order valence-corrected chi connectivity index (χ3v) is 3.29. The summed E-state index contributed by atoms with van der Waals surface area (Å²) in [5.74, 6) is -0.416. The number of carbonyl (C=O) groups is 2. The van der Waals surface area contributed by atoms with Crippen molar-refractivity contribution in [2.75, 3.05) is 0 Å². The smallest absolute Gasteiger partial charge is 0.326 e. The average molecular weight is 183 g/mol. The molecule has 3 fully saturated rings. The molecule has 0 saturated heterocycles. The van der Waals surface area contributed by atoms with Crippen LogP contribution in [0.4, 0.5) is 0 Å². The van der Waals surface area contributed by atoms with E-state index in [1.54, 1.807) is 0 Å². The molecule has 3 rings (SSSR count). The minimum Gasteiger partial charge on any atom is -0.480 e. The molecule has 0 spiro atoms. The number of nitrogens with one attached hydrogen (secondary N) is 1. The van der Waals surface area contributed by atoms with Crippen LogP contribution in [-0.4, -0.2) is 23.0 Å². The predicted molar refractivity (Wildman–Crippen MR) is 45.0 cm³/mol. The van der Waals surface area contributed by atoms with Gasteiger partial charge in [0.25, 0.3) is 0 Å². The number of carboxylic acids is 1. The quantitative estimate of drug-likeness (QED) is 0.664. The van der Waals surface area contributed by atoms with Crippen LogP contribution in [0.1, 0.15) is 26.2 Å². The first kappa shape index (κ1) is 8.53. The van der Waals surface area contributed by atoms with Gasteiger partial charge in [-0.2, -0.15) is 0 Å². The molecule has 0 radical (unpaired) electrons. The fraction of sp³-hybridized carbons (Fsp3) is 0.778. The summed E-state index contributed by atoms with van der Waals surface area (Å²) in [5, 5.41) is 11.5. The molecular weight excluding hydrogens is 170 g/mol. The molecular formula is C9H13NO3. The molecule has 2 N–H and O–H groups in total. The number of rotatable bonds is 3. The van der Waals surface area contributed by atoms with Gasteiger partial charge in [0.1, 0.15) is 6.04 Å². The number of carbonyl (C=O) groups excluding carboxylic acids is 1. The summed E-state index contributed by atoms with van der Waals surface area (Å²) in [7, 11) is 0. The number of hydrogen-bond donors (Lipinski definition) is 2. The maximum atomic E-state index is 10.9. The van der Waals surface area contributed by atoms with E-state index in [9.17, 15) is 9.59 Å². The Morgan fingerprint density at radius 2 is 2.00 bits per heavy atom. The van der Waals surface area contributed by atoms with E-state index in [0.717, 1.165) is 25.2 Å².